The van der Waals surface area contributed by atoms with Crippen LogP contribution in [-0.2, 0) is 22.7 Å². The lowest BCUT2D eigenvalue weighted by molar-refractivity contribution is -0.136. The summed E-state index contributed by atoms with van der Waals surface area (Å²) < 4.78 is 18.8. The van der Waals surface area contributed by atoms with Crippen LogP contribution in [0.4, 0.5) is 4.39 Å². The fraction of sp³-hybridized carbons (Fsp3) is 0.417. The van der Waals surface area contributed by atoms with Crippen molar-refractivity contribution in [2.75, 3.05) is 40.8 Å². The lowest BCUT2D eigenvalue weighted by atomic mass is 10.1. The number of rotatable bonds is 9. The molecule has 1 atom stereocenters. The normalized spacial score (nSPS) is 16.1. The van der Waals surface area contributed by atoms with Gasteiger partial charge in [0.1, 0.15) is 11.6 Å². The second-order valence-corrected chi connectivity index (χ2v) is 8.22. The number of hydrogen-bond donors (Lipinski definition) is 0. The number of nitrogens with zero attached hydrogens (tertiary/aromatic N) is 3. The summed E-state index contributed by atoms with van der Waals surface area (Å²) in [5.41, 5.74) is 1.73. The Labute approximate surface area is 183 Å². The van der Waals surface area contributed by atoms with Gasteiger partial charge in [0, 0.05) is 39.1 Å². The second-order valence-electron chi connectivity index (χ2n) is 8.22. The molecule has 2 aromatic rings. The minimum Gasteiger partial charge on any atom is -0.497 e. The first-order chi connectivity index (χ1) is 14.9. The average Bonchev–Trinajstić information content (AvgIpc) is 3.11. The molecule has 7 heteroatoms. The highest BCUT2D eigenvalue weighted by Crippen LogP contribution is 2.24. The molecule has 0 saturated carbocycles. The maximum absolute atomic E-state index is 13.6. The van der Waals surface area contributed by atoms with E-state index in [0.29, 0.717) is 32.7 Å². The van der Waals surface area contributed by atoms with E-state index in [2.05, 4.69) is 0 Å². The summed E-state index contributed by atoms with van der Waals surface area (Å²) in [5.74, 6) is -0.0247. The first-order valence-corrected chi connectivity index (χ1v) is 10.4. The number of benzene rings is 2. The quantitative estimate of drug-likeness (QED) is 0.618. The fourth-order valence-corrected chi connectivity index (χ4v) is 3.74. The van der Waals surface area contributed by atoms with E-state index in [0.717, 1.165) is 16.9 Å². The predicted octanol–water partition coefficient (Wildman–Crippen LogP) is 2.77. The molecule has 0 aromatic heterocycles. The van der Waals surface area contributed by atoms with Crippen LogP contribution in [0, 0.1) is 11.7 Å². The largest absolute Gasteiger partial charge is 0.497 e. The standard InChI is InChI=1S/C24H30FN3O3/c1-26(2)11-12-27(16-19-5-4-6-21(25)13-19)24(30)20-14-23(29)28(17-20)15-18-7-9-22(31-3)10-8-18/h4-10,13,20H,11-12,14-17H2,1-3H3. The molecule has 0 aliphatic carbocycles. The first-order valence-electron chi connectivity index (χ1n) is 10.4. The van der Waals surface area contributed by atoms with E-state index in [1.807, 2.05) is 49.3 Å². The number of hydrogen-bond acceptors (Lipinski definition) is 4. The SMILES string of the molecule is COc1ccc(CN2CC(C(=O)N(CCN(C)C)Cc3cccc(F)c3)CC2=O)cc1. The second kappa shape index (κ2) is 10.4. The molecule has 0 spiro atoms. The van der Waals surface area contributed by atoms with Crippen molar-refractivity contribution in [3.63, 3.8) is 0 Å². The molecular formula is C24H30FN3O3. The number of ether oxygens (including phenoxy) is 1. The summed E-state index contributed by atoms with van der Waals surface area (Å²) in [6, 6.07) is 13.9. The molecule has 31 heavy (non-hydrogen) atoms. The van der Waals surface area contributed by atoms with E-state index in [-0.39, 0.29) is 30.0 Å². The molecule has 1 fully saturated rings. The van der Waals surface area contributed by atoms with Crippen LogP contribution < -0.4 is 4.74 Å². The van der Waals surface area contributed by atoms with Crippen molar-refractivity contribution < 1.29 is 18.7 Å². The summed E-state index contributed by atoms with van der Waals surface area (Å²) in [4.78, 5) is 31.3. The number of carbonyl (C=O) groups is 2. The number of halogens is 1. The zero-order valence-electron chi connectivity index (χ0n) is 18.4. The van der Waals surface area contributed by atoms with Crippen LogP contribution in [0.2, 0.25) is 0 Å². The average molecular weight is 428 g/mol. The highest BCUT2D eigenvalue weighted by Gasteiger charge is 2.36. The molecule has 3 rings (SSSR count). The third-order valence-electron chi connectivity index (χ3n) is 5.49. The minimum atomic E-state index is -0.388. The van der Waals surface area contributed by atoms with E-state index in [1.165, 1.54) is 12.1 Å². The Hall–Kier alpha value is -2.93. The van der Waals surface area contributed by atoms with Gasteiger partial charge in [-0.3, -0.25) is 9.59 Å². The minimum absolute atomic E-state index is 0.0208. The molecule has 1 aliphatic rings. The summed E-state index contributed by atoms with van der Waals surface area (Å²) in [7, 11) is 5.50. The van der Waals surface area contributed by atoms with Crippen LogP contribution in [0.15, 0.2) is 48.5 Å². The maximum atomic E-state index is 13.6. The Morgan fingerprint density at radius 2 is 1.87 bits per heavy atom. The smallest absolute Gasteiger partial charge is 0.228 e. The molecule has 2 aromatic carbocycles. The summed E-state index contributed by atoms with van der Waals surface area (Å²) in [6.07, 6.45) is 0.205. The van der Waals surface area contributed by atoms with Crippen LogP contribution in [0.25, 0.3) is 0 Å². The van der Waals surface area contributed by atoms with E-state index in [4.69, 9.17) is 4.74 Å². The van der Waals surface area contributed by atoms with Crippen LogP contribution in [0.1, 0.15) is 17.5 Å². The third-order valence-corrected chi connectivity index (χ3v) is 5.49. The van der Waals surface area contributed by atoms with Crippen molar-refractivity contribution in [3.05, 3.63) is 65.5 Å². The molecule has 1 saturated heterocycles. The van der Waals surface area contributed by atoms with Crippen LogP contribution in [-0.4, -0.2) is 67.4 Å². The highest BCUT2D eigenvalue weighted by atomic mass is 19.1. The van der Waals surface area contributed by atoms with Crippen molar-refractivity contribution >= 4 is 11.8 Å². The number of likely N-dealkylation sites (tertiary alicyclic amines) is 1. The Bertz CT molecular complexity index is 901. The number of amides is 2. The monoisotopic (exact) mass is 427 g/mol. The first kappa shape index (κ1) is 22.7. The topological polar surface area (TPSA) is 53.1 Å². The van der Waals surface area contributed by atoms with Crippen LogP contribution in [0.3, 0.4) is 0 Å². The lowest BCUT2D eigenvalue weighted by Gasteiger charge is -2.27. The zero-order valence-corrected chi connectivity index (χ0v) is 18.4. The van der Waals surface area contributed by atoms with E-state index < -0.39 is 0 Å². The van der Waals surface area contributed by atoms with Gasteiger partial charge in [-0.15, -0.1) is 0 Å². The van der Waals surface area contributed by atoms with Gasteiger partial charge in [0.25, 0.3) is 0 Å². The molecule has 0 radical (unpaired) electrons. The van der Waals surface area contributed by atoms with Crippen molar-refractivity contribution in [3.8, 4) is 5.75 Å². The van der Waals surface area contributed by atoms with Crippen LogP contribution in [0.5, 0.6) is 5.75 Å². The molecular weight excluding hydrogens is 397 g/mol. The fourth-order valence-electron chi connectivity index (χ4n) is 3.74. The summed E-state index contributed by atoms with van der Waals surface area (Å²) >= 11 is 0. The van der Waals surface area contributed by atoms with Gasteiger partial charge in [0.15, 0.2) is 0 Å². The van der Waals surface area contributed by atoms with Gasteiger partial charge in [-0.1, -0.05) is 24.3 Å². The summed E-state index contributed by atoms with van der Waals surface area (Å²) in [6.45, 7) is 2.40. The molecule has 1 unspecified atom stereocenters. The van der Waals surface area contributed by atoms with Crippen molar-refractivity contribution in [2.45, 2.75) is 19.5 Å². The Kier molecular flexibility index (Phi) is 7.63. The van der Waals surface area contributed by atoms with Crippen molar-refractivity contribution in [2.24, 2.45) is 5.92 Å². The van der Waals surface area contributed by atoms with Gasteiger partial charge in [0.05, 0.1) is 13.0 Å². The third kappa shape index (κ3) is 6.28. The predicted molar refractivity (Wildman–Crippen MR) is 117 cm³/mol. The van der Waals surface area contributed by atoms with Crippen LogP contribution >= 0.6 is 0 Å². The Morgan fingerprint density at radius 3 is 2.52 bits per heavy atom. The van der Waals surface area contributed by atoms with E-state index in [9.17, 15) is 14.0 Å². The highest BCUT2D eigenvalue weighted by molar-refractivity contribution is 5.89. The van der Waals surface area contributed by atoms with E-state index >= 15 is 0 Å². The van der Waals surface area contributed by atoms with Gasteiger partial charge in [-0.05, 0) is 49.5 Å². The number of likely N-dealkylation sites (N-methyl/N-ethyl adjacent to an activating group) is 1. The molecule has 1 heterocycles. The van der Waals surface area contributed by atoms with Crippen molar-refractivity contribution in [1.29, 1.82) is 0 Å². The maximum Gasteiger partial charge on any atom is 0.228 e. The molecule has 0 bridgehead atoms. The van der Waals surface area contributed by atoms with E-state index in [1.54, 1.807) is 23.0 Å². The van der Waals surface area contributed by atoms with Gasteiger partial charge in [-0.25, -0.2) is 4.39 Å². The molecule has 166 valence electrons. The van der Waals surface area contributed by atoms with Gasteiger partial charge in [0.2, 0.25) is 11.8 Å². The Balaban J connectivity index is 1.67. The van der Waals surface area contributed by atoms with Gasteiger partial charge in [-0.2, -0.15) is 0 Å². The number of methoxy groups -OCH3 is 1. The molecule has 2 amide bonds. The molecule has 1 aliphatic heterocycles. The number of carbonyl (C=O) groups excluding carboxylic acids is 2. The Morgan fingerprint density at radius 1 is 1.13 bits per heavy atom. The van der Waals surface area contributed by atoms with Gasteiger partial charge < -0.3 is 19.4 Å². The van der Waals surface area contributed by atoms with Crippen molar-refractivity contribution in [1.82, 2.24) is 14.7 Å². The molecule has 6 nitrogen and oxygen atoms in total. The lowest BCUT2D eigenvalue weighted by Crippen LogP contribution is -2.40. The molecule has 0 N–H and O–H groups in total. The van der Waals surface area contributed by atoms with Gasteiger partial charge >= 0.3 is 0 Å². The zero-order chi connectivity index (χ0) is 22.4. The summed E-state index contributed by atoms with van der Waals surface area (Å²) in [5, 5.41) is 0.